The predicted octanol–water partition coefficient (Wildman–Crippen LogP) is 1.30. The van der Waals surface area contributed by atoms with E-state index in [1.165, 1.54) is 12.1 Å². The third-order valence-electron chi connectivity index (χ3n) is 2.03. The first-order chi connectivity index (χ1) is 7.18. The van der Waals surface area contributed by atoms with Gasteiger partial charge in [0.05, 0.1) is 12.0 Å². The molecule has 1 heterocycles. The summed E-state index contributed by atoms with van der Waals surface area (Å²) in [5.41, 5.74) is 6.37. The first-order valence-corrected chi connectivity index (χ1v) is 4.31. The van der Waals surface area contributed by atoms with Crippen LogP contribution in [0.4, 0.5) is 4.39 Å². The highest BCUT2D eigenvalue weighted by Crippen LogP contribution is 2.15. The van der Waals surface area contributed by atoms with E-state index in [0.29, 0.717) is 11.3 Å². The number of nitrogen functional groups attached to an aromatic ring is 1. The summed E-state index contributed by atoms with van der Waals surface area (Å²) in [5.74, 6) is -0.581. The summed E-state index contributed by atoms with van der Waals surface area (Å²) in [6.07, 6.45) is 4.88. The average molecular weight is 204 g/mol. The van der Waals surface area contributed by atoms with Gasteiger partial charge in [-0.15, -0.1) is 0 Å². The number of nitrogens with two attached hydrogens (primary N) is 1. The van der Waals surface area contributed by atoms with Crippen LogP contribution in [0, 0.1) is 11.2 Å². The van der Waals surface area contributed by atoms with E-state index >= 15 is 0 Å². The van der Waals surface area contributed by atoms with Crippen molar-refractivity contribution in [2.75, 3.05) is 0 Å². The number of amidine groups is 1. The molecule has 0 spiro atoms. The second-order valence-electron chi connectivity index (χ2n) is 3.05. The quantitative estimate of drug-likeness (QED) is 0.571. The van der Waals surface area contributed by atoms with Gasteiger partial charge < -0.3 is 10.3 Å². The minimum absolute atomic E-state index is 0.168. The number of nitrogens with zero attached hydrogens (tertiary/aromatic N) is 2. The fourth-order valence-corrected chi connectivity index (χ4v) is 1.35. The van der Waals surface area contributed by atoms with Gasteiger partial charge in [0.1, 0.15) is 11.7 Å². The summed E-state index contributed by atoms with van der Waals surface area (Å²) in [6, 6.07) is 4.12. The maximum Gasteiger partial charge on any atom is 0.125 e. The molecule has 76 valence electrons. The Hall–Kier alpha value is -2.17. The monoisotopic (exact) mass is 204 g/mol. The molecule has 0 amide bonds. The first kappa shape index (κ1) is 9.39. The van der Waals surface area contributed by atoms with Crippen molar-refractivity contribution < 1.29 is 4.39 Å². The Morgan fingerprint density at radius 1 is 1.47 bits per heavy atom. The van der Waals surface area contributed by atoms with E-state index in [9.17, 15) is 4.39 Å². The molecule has 1 aromatic heterocycles. The molecule has 1 aromatic carbocycles. The molecule has 0 saturated heterocycles. The molecule has 2 rings (SSSR count). The Morgan fingerprint density at radius 3 is 2.87 bits per heavy atom. The highest BCUT2D eigenvalue weighted by molar-refractivity contribution is 5.98. The molecule has 0 aliphatic heterocycles. The van der Waals surface area contributed by atoms with Gasteiger partial charge in [-0.25, -0.2) is 9.37 Å². The van der Waals surface area contributed by atoms with Gasteiger partial charge in [-0.2, -0.15) is 0 Å². The molecule has 0 atom stereocenters. The van der Waals surface area contributed by atoms with Gasteiger partial charge in [0.15, 0.2) is 0 Å². The SMILES string of the molecule is N=C(N)c1cc(F)ccc1-n1ccnc1. The fraction of sp³-hybridized carbons (Fsp3) is 0. The van der Waals surface area contributed by atoms with Gasteiger partial charge in [0, 0.05) is 18.0 Å². The van der Waals surface area contributed by atoms with Crippen LogP contribution < -0.4 is 5.73 Å². The molecule has 0 aliphatic rings. The van der Waals surface area contributed by atoms with Crippen LogP contribution in [0.15, 0.2) is 36.9 Å². The summed E-state index contributed by atoms with van der Waals surface area (Å²) >= 11 is 0. The van der Waals surface area contributed by atoms with Crippen molar-refractivity contribution in [1.29, 1.82) is 5.41 Å². The molecule has 4 nitrogen and oxygen atoms in total. The maximum absolute atomic E-state index is 13.0. The molecule has 0 aliphatic carbocycles. The van der Waals surface area contributed by atoms with Crippen molar-refractivity contribution in [1.82, 2.24) is 9.55 Å². The van der Waals surface area contributed by atoms with Crippen molar-refractivity contribution in [2.24, 2.45) is 5.73 Å². The number of nitrogens with one attached hydrogen (secondary N) is 1. The normalized spacial score (nSPS) is 10.2. The molecule has 0 radical (unpaired) electrons. The van der Waals surface area contributed by atoms with Gasteiger partial charge >= 0.3 is 0 Å². The van der Waals surface area contributed by atoms with Gasteiger partial charge in [-0.05, 0) is 18.2 Å². The van der Waals surface area contributed by atoms with Crippen LogP contribution in [0.2, 0.25) is 0 Å². The molecule has 15 heavy (non-hydrogen) atoms. The second-order valence-corrected chi connectivity index (χ2v) is 3.05. The lowest BCUT2D eigenvalue weighted by atomic mass is 10.1. The maximum atomic E-state index is 13.0. The largest absolute Gasteiger partial charge is 0.384 e. The van der Waals surface area contributed by atoms with Gasteiger partial charge in [0.2, 0.25) is 0 Å². The molecule has 0 unspecified atom stereocenters. The second kappa shape index (κ2) is 3.53. The molecular formula is C10H9FN4. The van der Waals surface area contributed by atoms with E-state index in [1.807, 2.05) is 0 Å². The Morgan fingerprint density at radius 2 is 2.27 bits per heavy atom. The number of halogens is 1. The highest BCUT2D eigenvalue weighted by atomic mass is 19.1. The third-order valence-corrected chi connectivity index (χ3v) is 2.03. The van der Waals surface area contributed by atoms with E-state index in [2.05, 4.69) is 4.98 Å². The number of rotatable bonds is 2. The number of hydrogen-bond donors (Lipinski definition) is 2. The summed E-state index contributed by atoms with van der Waals surface area (Å²) in [5, 5.41) is 7.35. The molecule has 5 heteroatoms. The van der Waals surface area contributed by atoms with Crippen LogP contribution in [-0.2, 0) is 0 Å². The smallest absolute Gasteiger partial charge is 0.125 e. The van der Waals surface area contributed by atoms with Crippen LogP contribution in [0.3, 0.4) is 0 Å². The Bertz CT molecular complexity index is 490. The Labute approximate surface area is 85.7 Å². The van der Waals surface area contributed by atoms with Gasteiger partial charge in [-0.1, -0.05) is 0 Å². The molecule has 3 N–H and O–H groups in total. The van der Waals surface area contributed by atoms with E-state index in [0.717, 1.165) is 0 Å². The zero-order chi connectivity index (χ0) is 10.8. The van der Waals surface area contributed by atoms with Crippen molar-refractivity contribution in [3.63, 3.8) is 0 Å². The average Bonchev–Trinajstić information content (AvgIpc) is 2.70. The third kappa shape index (κ3) is 1.71. The number of aromatic nitrogens is 2. The lowest BCUT2D eigenvalue weighted by Gasteiger charge is -2.08. The lowest BCUT2D eigenvalue weighted by Crippen LogP contribution is -2.14. The van der Waals surface area contributed by atoms with Gasteiger partial charge in [-0.3, -0.25) is 5.41 Å². The van der Waals surface area contributed by atoms with E-state index in [-0.39, 0.29) is 5.84 Å². The molecule has 0 bridgehead atoms. The van der Waals surface area contributed by atoms with Crippen molar-refractivity contribution in [3.8, 4) is 5.69 Å². The fourth-order valence-electron chi connectivity index (χ4n) is 1.35. The standard InChI is InChI=1S/C10H9FN4/c11-7-1-2-9(8(5-7)10(12)13)15-4-3-14-6-15/h1-6H,(H3,12,13). The van der Waals surface area contributed by atoms with Crippen LogP contribution in [-0.4, -0.2) is 15.4 Å². The van der Waals surface area contributed by atoms with Crippen LogP contribution in [0.25, 0.3) is 5.69 Å². The summed E-state index contributed by atoms with van der Waals surface area (Å²) < 4.78 is 14.6. The molecular weight excluding hydrogens is 195 g/mol. The lowest BCUT2D eigenvalue weighted by molar-refractivity contribution is 0.627. The zero-order valence-corrected chi connectivity index (χ0v) is 7.81. The van der Waals surface area contributed by atoms with E-state index in [4.69, 9.17) is 11.1 Å². The molecule has 2 aromatic rings. The number of hydrogen-bond acceptors (Lipinski definition) is 2. The van der Waals surface area contributed by atoms with Gasteiger partial charge in [0.25, 0.3) is 0 Å². The number of benzene rings is 1. The minimum atomic E-state index is -0.413. The summed E-state index contributed by atoms with van der Waals surface area (Å²) in [7, 11) is 0. The Balaban J connectivity index is 2.61. The Kier molecular flexibility index (Phi) is 2.21. The van der Waals surface area contributed by atoms with E-state index in [1.54, 1.807) is 29.4 Å². The first-order valence-electron chi connectivity index (χ1n) is 4.31. The van der Waals surface area contributed by atoms with Crippen molar-refractivity contribution in [3.05, 3.63) is 48.3 Å². The zero-order valence-electron chi connectivity index (χ0n) is 7.81. The predicted molar refractivity (Wildman–Crippen MR) is 54.5 cm³/mol. The molecule has 0 saturated carbocycles. The topological polar surface area (TPSA) is 67.7 Å². The van der Waals surface area contributed by atoms with Crippen molar-refractivity contribution in [2.45, 2.75) is 0 Å². The van der Waals surface area contributed by atoms with E-state index < -0.39 is 5.82 Å². The number of imidazole rings is 1. The highest BCUT2D eigenvalue weighted by Gasteiger charge is 2.07. The summed E-state index contributed by atoms with van der Waals surface area (Å²) in [4.78, 5) is 3.88. The van der Waals surface area contributed by atoms with Crippen LogP contribution >= 0.6 is 0 Å². The van der Waals surface area contributed by atoms with Crippen LogP contribution in [0.5, 0.6) is 0 Å². The molecule has 0 fully saturated rings. The minimum Gasteiger partial charge on any atom is -0.384 e. The summed E-state index contributed by atoms with van der Waals surface area (Å²) in [6.45, 7) is 0. The van der Waals surface area contributed by atoms with Crippen LogP contribution in [0.1, 0.15) is 5.56 Å². The van der Waals surface area contributed by atoms with Crippen molar-refractivity contribution >= 4 is 5.84 Å².